The van der Waals surface area contributed by atoms with Crippen molar-refractivity contribution in [3.63, 3.8) is 0 Å². The van der Waals surface area contributed by atoms with Gasteiger partial charge in [-0.15, -0.1) is 0 Å². The number of hydrogen-bond acceptors (Lipinski definition) is 4. The maximum Gasteiger partial charge on any atom is 0.355 e. The third-order valence-electron chi connectivity index (χ3n) is 6.56. The molecule has 0 spiro atoms. The highest BCUT2D eigenvalue weighted by molar-refractivity contribution is 5.88. The van der Waals surface area contributed by atoms with E-state index in [4.69, 9.17) is 9.47 Å². The second kappa shape index (κ2) is 6.04. The molecular formula is C20H22N2O4. The molecule has 136 valence electrons. The lowest BCUT2D eigenvalue weighted by Gasteiger charge is -2.37. The zero-order valence-corrected chi connectivity index (χ0v) is 14.4. The fourth-order valence-electron chi connectivity index (χ4n) is 5.58. The quantitative estimate of drug-likeness (QED) is 0.826. The second-order valence-corrected chi connectivity index (χ2v) is 7.73. The summed E-state index contributed by atoms with van der Waals surface area (Å²) >= 11 is 0. The van der Waals surface area contributed by atoms with Crippen molar-refractivity contribution >= 4 is 11.9 Å². The summed E-state index contributed by atoms with van der Waals surface area (Å²) in [6.07, 6.45) is 7.29. The summed E-state index contributed by atoms with van der Waals surface area (Å²) < 4.78 is 11.7. The highest BCUT2D eigenvalue weighted by Crippen LogP contribution is 2.60. The molecule has 0 aliphatic heterocycles. The highest BCUT2D eigenvalue weighted by Gasteiger charge is 2.62. The van der Waals surface area contributed by atoms with Gasteiger partial charge in [-0.1, -0.05) is 6.42 Å². The molecule has 6 heteroatoms. The molecule has 3 saturated carbocycles. The van der Waals surface area contributed by atoms with Crippen LogP contribution in [0.25, 0.3) is 0 Å². The fourth-order valence-corrected chi connectivity index (χ4v) is 5.58. The highest BCUT2D eigenvalue weighted by atomic mass is 16.6. The van der Waals surface area contributed by atoms with Crippen LogP contribution in [-0.2, 0) is 9.47 Å². The Bertz CT molecular complexity index is 732. The van der Waals surface area contributed by atoms with Crippen LogP contribution >= 0.6 is 0 Å². The monoisotopic (exact) mass is 354 g/mol. The van der Waals surface area contributed by atoms with Gasteiger partial charge in [-0.25, -0.2) is 9.59 Å². The van der Waals surface area contributed by atoms with Gasteiger partial charge in [0.25, 0.3) is 0 Å². The van der Waals surface area contributed by atoms with E-state index in [0.717, 1.165) is 6.42 Å². The van der Waals surface area contributed by atoms with Crippen LogP contribution < -0.4 is 0 Å². The molecule has 3 aliphatic rings. The maximum absolute atomic E-state index is 12.5. The van der Waals surface area contributed by atoms with Gasteiger partial charge < -0.3 is 19.4 Å². The van der Waals surface area contributed by atoms with Gasteiger partial charge in [-0.3, -0.25) is 0 Å². The number of hydrogen-bond donors (Lipinski definition) is 2. The maximum atomic E-state index is 12.5. The Balaban J connectivity index is 1.39. The number of fused-ring (bicyclic) bond motifs is 5. The molecule has 2 bridgehead atoms. The molecule has 0 amide bonds. The van der Waals surface area contributed by atoms with E-state index in [1.54, 1.807) is 36.7 Å². The number of carbonyl (C=O) groups excluding carboxylic acids is 2. The molecule has 6 unspecified atom stereocenters. The second-order valence-electron chi connectivity index (χ2n) is 7.73. The molecule has 6 atom stereocenters. The predicted molar refractivity (Wildman–Crippen MR) is 92.4 cm³/mol. The number of nitrogens with one attached hydrogen (secondary N) is 2. The van der Waals surface area contributed by atoms with Crippen LogP contribution in [0.15, 0.2) is 36.7 Å². The first-order chi connectivity index (χ1) is 12.7. The molecule has 3 aliphatic carbocycles. The minimum absolute atomic E-state index is 0.299. The zero-order valence-electron chi connectivity index (χ0n) is 14.4. The Kier molecular flexibility index (Phi) is 3.65. The fraction of sp³-hybridized carbons (Fsp3) is 0.500. The lowest BCUT2D eigenvalue weighted by molar-refractivity contribution is -0.0770. The Hall–Kier alpha value is -2.50. The van der Waals surface area contributed by atoms with Gasteiger partial charge in [0.05, 0.1) is 0 Å². The number of aromatic nitrogens is 2. The van der Waals surface area contributed by atoms with E-state index in [1.807, 2.05) is 0 Å². The Morgan fingerprint density at radius 1 is 0.808 bits per heavy atom. The van der Waals surface area contributed by atoms with Crippen molar-refractivity contribution in [3.8, 4) is 0 Å². The number of carbonyl (C=O) groups is 2. The molecular weight excluding hydrogens is 332 g/mol. The van der Waals surface area contributed by atoms with Crippen molar-refractivity contribution < 1.29 is 19.1 Å². The Morgan fingerprint density at radius 3 is 1.73 bits per heavy atom. The van der Waals surface area contributed by atoms with Crippen molar-refractivity contribution in [1.29, 1.82) is 0 Å². The van der Waals surface area contributed by atoms with E-state index in [9.17, 15) is 9.59 Å². The summed E-state index contributed by atoms with van der Waals surface area (Å²) in [5, 5.41) is 0. The predicted octanol–water partition coefficient (Wildman–Crippen LogP) is 3.16. The lowest BCUT2D eigenvalue weighted by Crippen LogP contribution is -2.45. The summed E-state index contributed by atoms with van der Waals surface area (Å²) in [5.74, 6) is 1.05. The van der Waals surface area contributed by atoms with Crippen molar-refractivity contribution in [3.05, 3.63) is 48.0 Å². The van der Waals surface area contributed by atoms with Crippen LogP contribution in [0.2, 0.25) is 0 Å². The van der Waals surface area contributed by atoms with Crippen LogP contribution in [0.3, 0.4) is 0 Å². The van der Waals surface area contributed by atoms with E-state index >= 15 is 0 Å². The first kappa shape index (κ1) is 15.7. The summed E-state index contributed by atoms with van der Waals surface area (Å²) in [7, 11) is 0. The summed E-state index contributed by atoms with van der Waals surface area (Å²) in [6, 6.07) is 6.95. The average Bonchev–Trinajstić information content (AvgIpc) is 3.40. The minimum atomic E-state index is -0.372. The number of rotatable bonds is 4. The molecule has 0 aromatic carbocycles. The molecule has 0 saturated heterocycles. The normalized spacial score (nSPS) is 34.6. The third kappa shape index (κ3) is 2.39. The molecule has 5 rings (SSSR count). The molecule has 2 aromatic rings. The van der Waals surface area contributed by atoms with E-state index < -0.39 is 0 Å². The van der Waals surface area contributed by atoms with Crippen LogP contribution in [-0.4, -0.2) is 34.1 Å². The topological polar surface area (TPSA) is 84.2 Å². The molecule has 3 fully saturated rings. The van der Waals surface area contributed by atoms with Crippen molar-refractivity contribution in [2.75, 3.05) is 0 Å². The van der Waals surface area contributed by atoms with Crippen molar-refractivity contribution in [2.45, 2.75) is 37.9 Å². The molecule has 26 heavy (non-hydrogen) atoms. The largest absolute Gasteiger partial charge is 0.453 e. The van der Waals surface area contributed by atoms with E-state index in [0.29, 0.717) is 35.1 Å². The number of esters is 2. The van der Waals surface area contributed by atoms with Gasteiger partial charge in [0.1, 0.15) is 23.6 Å². The van der Waals surface area contributed by atoms with Crippen LogP contribution in [0, 0.1) is 23.7 Å². The molecule has 2 N–H and O–H groups in total. The SMILES string of the molecule is O=C(OC1C2CC(C3CCCC32)C1OC(=O)c1ccc[nH]1)c1ccc[nH]1. The Morgan fingerprint density at radius 2 is 1.31 bits per heavy atom. The van der Waals surface area contributed by atoms with E-state index in [2.05, 4.69) is 9.97 Å². The van der Waals surface area contributed by atoms with Gasteiger partial charge in [-0.05, 0) is 55.4 Å². The smallest absolute Gasteiger partial charge is 0.355 e. The van der Waals surface area contributed by atoms with Gasteiger partial charge in [0.2, 0.25) is 0 Å². The number of H-pyrrole nitrogens is 2. The first-order valence-electron chi connectivity index (χ1n) is 9.41. The van der Waals surface area contributed by atoms with Crippen molar-refractivity contribution in [2.24, 2.45) is 23.7 Å². The van der Waals surface area contributed by atoms with Crippen LogP contribution in [0.1, 0.15) is 46.7 Å². The molecule has 0 radical (unpaired) electrons. The summed E-state index contributed by atoms with van der Waals surface area (Å²) in [6.45, 7) is 0. The van der Waals surface area contributed by atoms with E-state index in [1.165, 1.54) is 19.3 Å². The van der Waals surface area contributed by atoms with Gasteiger partial charge in [0, 0.05) is 24.2 Å². The zero-order chi connectivity index (χ0) is 17.7. The Labute approximate surface area is 151 Å². The molecule has 2 heterocycles. The van der Waals surface area contributed by atoms with Gasteiger partial charge >= 0.3 is 11.9 Å². The number of ether oxygens (including phenoxy) is 2. The lowest BCUT2D eigenvalue weighted by atomic mass is 9.78. The van der Waals surface area contributed by atoms with Crippen molar-refractivity contribution in [1.82, 2.24) is 9.97 Å². The standard InChI is InChI=1S/C20H22N2O4/c23-19(15-6-2-8-21-15)25-17-13-10-14(12-5-1-4-11(12)13)18(17)26-20(24)16-7-3-9-22-16/h2-3,6-9,11-14,17-18,21-22H,1,4-5,10H2. The first-order valence-corrected chi connectivity index (χ1v) is 9.41. The van der Waals surface area contributed by atoms with Crippen LogP contribution in [0.4, 0.5) is 0 Å². The molecule has 6 nitrogen and oxygen atoms in total. The van der Waals surface area contributed by atoms with Crippen LogP contribution in [0.5, 0.6) is 0 Å². The summed E-state index contributed by atoms with van der Waals surface area (Å²) in [5.41, 5.74) is 0.871. The van der Waals surface area contributed by atoms with E-state index in [-0.39, 0.29) is 24.1 Å². The van der Waals surface area contributed by atoms with Gasteiger partial charge in [0.15, 0.2) is 0 Å². The third-order valence-corrected chi connectivity index (χ3v) is 6.56. The molecule has 2 aromatic heterocycles. The van der Waals surface area contributed by atoms with Gasteiger partial charge in [-0.2, -0.15) is 0 Å². The average molecular weight is 354 g/mol. The summed E-state index contributed by atoms with van der Waals surface area (Å²) in [4.78, 5) is 30.8. The minimum Gasteiger partial charge on any atom is -0.453 e. The number of aromatic amines is 2.